The van der Waals surface area contributed by atoms with E-state index in [1.807, 2.05) is 13.8 Å². The van der Waals surface area contributed by atoms with Gasteiger partial charge in [-0.3, -0.25) is 4.79 Å². The predicted octanol–water partition coefficient (Wildman–Crippen LogP) is 0.662. The Balaban J connectivity index is 3.78. The maximum Gasteiger partial charge on any atom is 0.223 e. The van der Waals surface area contributed by atoms with Crippen LogP contribution in [0.3, 0.4) is 0 Å². The molecule has 0 aliphatic heterocycles. The molecule has 0 saturated carbocycles. The Morgan fingerprint density at radius 2 is 2.25 bits per heavy atom. The molecule has 2 atom stereocenters. The Morgan fingerprint density at radius 1 is 1.67 bits per heavy atom. The molecule has 0 aliphatic rings. The highest BCUT2D eigenvalue weighted by molar-refractivity contribution is 5.78. The van der Waals surface area contributed by atoms with Crippen molar-refractivity contribution in [2.45, 2.75) is 26.3 Å². The van der Waals surface area contributed by atoms with E-state index in [1.165, 1.54) is 0 Å². The first-order valence-electron chi connectivity index (χ1n) is 4.24. The van der Waals surface area contributed by atoms with Gasteiger partial charge in [0.2, 0.25) is 5.91 Å². The van der Waals surface area contributed by atoms with Crippen LogP contribution in [0.4, 0.5) is 0 Å². The fraction of sp³-hybridized carbons (Fsp3) is 0.667. The van der Waals surface area contributed by atoms with Crippen LogP contribution in [0.1, 0.15) is 20.3 Å². The van der Waals surface area contributed by atoms with Gasteiger partial charge in [0, 0.05) is 12.0 Å². The van der Waals surface area contributed by atoms with Crippen molar-refractivity contribution in [1.82, 2.24) is 5.32 Å². The van der Waals surface area contributed by atoms with Crippen LogP contribution in [-0.2, 0) is 4.79 Å². The molecule has 2 unspecified atom stereocenters. The van der Waals surface area contributed by atoms with E-state index in [4.69, 9.17) is 5.73 Å². The first-order chi connectivity index (χ1) is 5.61. The molecular formula is C9H18N2O. The molecular weight excluding hydrogens is 152 g/mol. The van der Waals surface area contributed by atoms with Crippen LogP contribution in [0.5, 0.6) is 0 Å². The predicted molar refractivity (Wildman–Crippen MR) is 50.6 cm³/mol. The van der Waals surface area contributed by atoms with Gasteiger partial charge in [-0.25, -0.2) is 0 Å². The normalized spacial score (nSPS) is 14.9. The third-order valence-corrected chi connectivity index (χ3v) is 1.77. The third-order valence-electron chi connectivity index (χ3n) is 1.77. The summed E-state index contributed by atoms with van der Waals surface area (Å²) in [4.78, 5) is 11.3. The van der Waals surface area contributed by atoms with E-state index in [-0.39, 0.29) is 17.9 Å². The van der Waals surface area contributed by atoms with E-state index in [0.717, 1.165) is 6.42 Å². The van der Waals surface area contributed by atoms with Crippen molar-refractivity contribution in [3.8, 4) is 0 Å². The van der Waals surface area contributed by atoms with Crippen LogP contribution in [0.2, 0.25) is 0 Å². The van der Waals surface area contributed by atoms with Crippen molar-refractivity contribution >= 4 is 5.91 Å². The summed E-state index contributed by atoms with van der Waals surface area (Å²) in [5.74, 6) is 0.0465. The highest BCUT2D eigenvalue weighted by Gasteiger charge is 2.12. The SMILES string of the molecule is C=CC(C)NC(=O)C(C)CCN. The van der Waals surface area contributed by atoms with Crippen molar-refractivity contribution < 1.29 is 4.79 Å². The van der Waals surface area contributed by atoms with Crippen molar-refractivity contribution in [1.29, 1.82) is 0 Å². The molecule has 0 aliphatic carbocycles. The number of nitrogens with one attached hydrogen (secondary N) is 1. The second-order valence-corrected chi connectivity index (χ2v) is 3.01. The van der Waals surface area contributed by atoms with Gasteiger partial charge in [0.1, 0.15) is 0 Å². The first kappa shape index (κ1) is 11.2. The molecule has 0 aromatic rings. The minimum absolute atomic E-state index is 0.00241. The number of nitrogens with two attached hydrogens (primary N) is 1. The van der Waals surface area contributed by atoms with Gasteiger partial charge in [0.15, 0.2) is 0 Å². The lowest BCUT2D eigenvalue weighted by Gasteiger charge is -2.13. The Bertz CT molecular complexity index is 157. The van der Waals surface area contributed by atoms with Gasteiger partial charge in [0.05, 0.1) is 0 Å². The zero-order valence-corrected chi connectivity index (χ0v) is 7.84. The second-order valence-electron chi connectivity index (χ2n) is 3.01. The van der Waals surface area contributed by atoms with Crippen molar-refractivity contribution in [3.05, 3.63) is 12.7 Å². The summed E-state index contributed by atoms with van der Waals surface area (Å²) < 4.78 is 0. The molecule has 3 nitrogen and oxygen atoms in total. The summed E-state index contributed by atoms with van der Waals surface area (Å²) in [5.41, 5.74) is 5.33. The molecule has 1 amide bonds. The van der Waals surface area contributed by atoms with Gasteiger partial charge in [-0.2, -0.15) is 0 Å². The zero-order valence-electron chi connectivity index (χ0n) is 7.84. The number of carbonyl (C=O) groups excluding carboxylic acids is 1. The van der Waals surface area contributed by atoms with Crippen LogP contribution >= 0.6 is 0 Å². The van der Waals surface area contributed by atoms with Crippen LogP contribution < -0.4 is 11.1 Å². The molecule has 0 aromatic carbocycles. The average Bonchev–Trinajstić information content (AvgIpc) is 2.04. The van der Waals surface area contributed by atoms with Crippen LogP contribution in [0, 0.1) is 5.92 Å². The van der Waals surface area contributed by atoms with Crippen LogP contribution in [0.25, 0.3) is 0 Å². The minimum atomic E-state index is -0.00241. The van der Waals surface area contributed by atoms with E-state index in [9.17, 15) is 4.79 Å². The molecule has 70 valence electrons. The summed E-state index contributed by atoms with van der Waals surface area (Å²) in [7, 11) is 0. The monoisotopic (exact) mass is 170 g/mol. The number of hydrogen-bond donors (Lipinski definition) is 2. The number of rotatable bonds is 5. The molecule has 3 N–H and O–H groups in total. The molecule has 0 aromatic heterocycles. The third kappa shape index (κ3) is 4.13. The summed E-state index contributed by atoms with van der Waals surface area (Å²) in [6.45, 7) is 7.89. The van der Waals surface area contributed by atoms with Gasteiger partial charge in [-0.1, -0.05) is 13.0 Å². The molecule has 12 heavy (non-hydrogen) atoms. The summed E-state index contributed by atoms with van der Waals surface area (Å²) in [6.07, 6.45) is 2.43. The Morgan fingerprint density at radius 3 is 2.67 bits per heavy atom. The highest BCUT2D eigenvalue weighted by atomic mass is 16.1. The topological polar surface area (TPSA) is 55.1 Å². The molecule has 0 spiro atoms. The Hall–Kier alpha value is -0.830. The number of amides is 1. The van der Waals surface area contributed by atoms with E-state index < -0.39 is 0 Å². The van der Waals surface area contributed by atoms with E-state index in [1.54, 1.807) is 6.08 Å². The zero-order chi connectivity index (χ0) is 9.56. The lowest BCUT2D eigenvalue weighted by atomic mass is 10.1. The van der Waals surface area contributed by atoms with E-state index in [0.29, 0.717) is 6.54 Å². The lowest BCUT2D eigenvalue weighted by molar-refractivity contribution is -0.124. The largest absolute Gasteiger partial charge is 0.350 e. The van der Waals surface area contributed by atoms with E-state index in [2.05, 4.69) is 11.9 Å². The Kier molecular flexibility index (Phi) is 5.37. The average molecular weight is 170 g/mol. The fourth-order valence-corrected chi connectivity index (χ4v) is 0.807. The summed E-state index contributed by atoms with van der Waals surface area (Å²) >= 11 is 0. The number of carbonyl (C=O) groups is 1. The minimum Gasteiger partial charge on any atom is -0.350 e. The first-order valence-corrected chi connectivity index (χ1v) is 4.24. The summed E-state index contributed by atoms with van der Waals surface area (Å²) in [6, 6.07) is 0.0396. The molecule has 0 fully saturated rings. The van der Waals surface area contributed by atoms with Crippen LogP contribution in [0.15, 0.2) is 12.7 Å². The van der Waals surface area contributed by atoms with Gasteiger partial charge in [0.25, 0.3) is 0 Å². The standard InChI is InChI=1S/C9H18N2O/c1-4-8(3)11-9(12)7(2)5-6-10/h4,7-8H,1,5-6,10H2,2-3H3,(H,11,12). The van der Waals surface area contributed by atoms with Crippen molar-refractivity contribution in [3.63, 3.8) is 0 Å². The van der Waals surface area contributed by atoms with Gasteiger partial charge in [-0.15, -0.1) is 6.58 Å². The van der Waals surface area contributed by atoms with Gasteiger partial charge in [-0.05, 0) is 19.9 Å². The molecule has 0 rings (SSSR count). The van der Waals surface area contributed by atoms with Gasteiger partial charge < -0.3 is 11.1 Å². The molecule has 0 saturated heterocycles. The highest BCUT2D eigenvalue weighted by Crippen LogP contribution is 2.00. The maximum atomic E-state index is 11.3. The summed E-state index contributed by atoms with van der Waals surface area (Å²) in [5, 5.41) is 2.80. The lowest BCUT2D eigenvalue weighted by Crippen LogP contribution is -2.35. The van der Waals surface area contributed by atoms with Crippen molar-refractivity contribution in [2.75, 3.05) is 6.54 Å². The van der Waals surface area contributed by atoms with E-state index >= 15 is 0 Å². The molecule has 3 heteroatoms. The van der Waals surface area contributed by atoms with Crippen LogP contribution in [-0.4, -0.2) is 18.5 Å². The maximum absolute atomic E-state index is 11.3. The molecule has 0 bridgehead atoms. The Labute approximate surface area is 74.0 Å². The van der Waals surface area contributed by atoms with Crippen molar-refractivity contribution in [2.24, 2.45) is 11.7 Å². The molecule has 0 heterocycles. The van der Waals surface area contributed by atoms with Gasteiger partial charge >= 0.3 is 0 Å². The number of hydrogen-bond acceptors (Lipinski definition) is 2. The quantitative estimate of drug-likeness (QED) is 0.596. The smallest absolute Gasteiger partial charge is 0.223 e. The fourth-order valence-electron chi connectivity index (χ4n) is 0.807. The molecule has 0 radical (unpaired) electrons. The second kappa shape index (κ2) is 5.77.